The number of ether oxygens (including phenoxy) is 1. The van der Waals surface area contributed by atoms with Crippen LogP contribution in [0.3, 0.4) is 0 Å². The van der Waals surface area contributed by atoms with Gasteiger partial charge in [-0.05, 0) is 36.8 Å². The molecule has 0 atom stereocenters. The van der Waals surface area contributed by atoms with Gasteiger partial charge in [0, 0.05) is 0 Å². The largest absolute Gasteiger partial charge is 0.455 e. The number of aryl methyl sites for hydroxylation is 1. The zero-order chi connectivity index (χ0) is 13.8. The van der Waals surface area contributed by atoms with Crippen molar-refractivity contribution in [1.82, 2.24) is 0 Å². The lowest BCUT2D eigenvalue weighted by Crippen LogP contribution is -1.96. The van der Waals surface area contributed by atoms with Crippen molar-refractivity contribution in [3.8, 4) is 23.6 Å². The highest BCUT2D eigenvalue weighted by atomic mass is 16.5. The SMILES string of the molecule is Cc1ccc(C#N)cc1Oc1cccc(C#N)c1N. The molecule has 19 heavy (non-hydrogen) atoms. The topological polar surface area (TPSA) is 82.8 Å². The second-order valence-electron chi connectivity index (χ2n) is 4.02. The molecular formula is C15H11N3O. The number of nitrogens with zero attached hydrogens (tertiary/aromatic N) is 2. The van der Waals surface area contributed by atoms with Crippen LogP contribution < -0.4 is 10.5 Å². The molecule has 0 aromatic heterocycles. The van der Waals surface area contributed by atoms with Crippen molar-refractivity contribution in [3.63, 3.8) is 0 Å². The number of nitrogens with two attached hydrogens (primary N) is 1. The number of rotatable bonds is 2. The van der Waals surface area contributed by atoms with E-state index in [1.165, 1.54) is 0 Å². The van der Waals surface area contributed by atoms with Crippen molar-refractivity contribution in [1.29, 1.82) is 10.5 Å². The molecule has 0 unspecified atom stereocenters. The molecule has 2 aromatic rings. The van der Waals surface area contributed by atoms with E-state index < -0.39 is 0 Å². The first-order valence-corrected chi connectivity index (χ1v) is 5.63. The summed E-state index contributed by atoms with van der Waals surface area (Å²) in [4.78, 5) is 0. The van der Waals surface area contributed by atoms with E-state index in [0.29, 0.717) is 28.3 Å². The first-order chi connectivity index (χ1) is 9.15. The lowest BCUT2D eigenvalue weighted by Gasteiger charge is -2.11. The van der Waals surface area contributed by atoms with E-state index in [4.69, 9.17) is 21.0 Å². The highest BCUT2D eigenvalue weighted by Gasteiger charge is 2.08. The lowest BCUT2D eigenvalue weighted by molar-refractivity contribution is 0.481. The molecule has 0 heterocycles. The summed E-state index contributed by atoms with van der Waals surface area (Å²) in [7, 11) is 0. The Kier molecular flexibility index (Phi) is 3.36. The molecule has 2 aromatic carbocycles. The van der Waals surface area contributed by atoms with Crippen molar-refractivity contribution < 1.29 is 4.74 Å². The number of anilines is 1. The highest BCUT2D eigenvalue weighted by molar-refractivity contribution is 5.64. The summed E-state index contributed by atoms with van der Waals surface area (Å²) in [6, 6.07) is 14.2. The van der Waals surface area contributed by atoms with Gasteiger partial charge in [0.15, 0.2) is 5.75 Å². The third-order valence-corrected chi connectivity index (χ3v) is 2.72. The van der Waals surface area contributed by atoms with Crippen LogP contribution in [0, 0.1) is 29.6 Å². The molecule has 0 aliphatic carbocycles. The van der Waals surface area contributed by atoms with Crippen molar-refractivity contribution in [2.45, 2.75) is 6.92 Å². The summed E-state index contributed by atoms with van der Waals surface area (Å²) in [5.74, 6) is 0.970. The van der Waals surface area contributed by atoms with Gasteiger partial charge in [0.2, 0.25) is 0 Å². The van der Waals surface area contributed by atoms with Gasteiger partial charge in [-0.2, -0.15) is 10.5 Å². The quantitative estimate of drug-likeness (QED) is 0.829. The van der Waals surface area contributed by atoms with Gasteiger partial charge >= 0.3 is 0 Å². The Morgan fingerprint density at radius 3 is 2.53 bits per heavy atom. The van der Waals surface area contributed by atoms with Crippen molar-refractivity contribution in [2.24, 2.45) is 0 Å². The molecule has 4 heteroatoms. The maximum absolute atomic E-state index is 8.92. The number of nitriles is 2. The Balaban J connectivity index is 2.43. The van der Waals surface area contributed by atoms with E-state index in [2.05, 4.69) is 6.07 Å². The fourth-order valence-electron chi connectivity index (χ4n) is 1.63. The van der Waals surface area contributed by atoms with E-state index in [0.717, 1.165) is 5.56 Å². The van der Waals surface area contributed by atoms with Crippen molar-refractivity contribution in [2.75, 3.05) is 5.73 Å². The molecule has 4 nitrogen and oxygen atoms in total. The Morgan fingerprint density at radius 1 is 1.05 bits per heavy atom. The number of hydrogen-bond donors (Lipinski definition) is 1. The van der Waals surface area contributed by atoms with E-state index in [9.17, 15) is 0 Å². The van der Waals surface area contributed by atoms with Crippen LogP contribution in [0.1, 0.15) is 16.7 Å². The van der Waals surface area contributed by atoms with Crippen LogP contribution in [0.25, 0.3) is 0 Å². The molecular weight excluding hydrogens is 238 g/mol. The zero-order valence-corrected chi connectivity index (χ0v) is 10.3. The number of nitrogen functional groups attached to an aromatic ring is 1. The average molecular weight is 249 g/mol. The summed E-state index contributed by atoms with van der Waals surface area (Å²) in [6.07, 6.45) is 0. The minimum absolute atomic E-state index is 0.298. The summed E-state index contributed by atoms with van der Waals surface area (Å²) >= 11 is 0. The van der Waals surface area contributed by atoms with Crippen LogP contribution in [-0.2, 0) is 0 Å². The molecule has 0 saturated heterocycles. The molecule has 92 valence electrons. The standard InChI is InChI=1S/C15H11N3O/c1-10-5-6-11(8-16)7-14(10)19-13-4-2-3-12(9-17)15(13)18/h2-7H,18H2,1H3. The third-order valence-electron chi connectivity index (χ3n) is 2.72. The second kappa shape index (κ2) is 5.12. The summed E-state index contributed by atoms with van der Waals surface area (Å²) < 4.78 is 5.70. The first-order valence-electron chi connectivity index (χ1n) is 5.63. The zero-order valence-electron chi connectivity index (χ0n) is 10.3. The van der Waals surface area contributed by atoms with E-state index in [1.54, 1.807) is 36.4 Å². The first kappa shape index (κ1) is 12.5. The van der Waals surface area contributed by atoms with E-state index in [-0.39, 0.29) is 0 Å². The van der Waals surface area contributed by atoms with Gasteiger partial charge in [0.05, 0.1) is 22.9 Å². The molecule has 2 N–H and O–H groups in total. The van der Waals surface area contributed by atoms with Gasteiger partial charge in [-0.15, -0.1) is 0 Å². The molecule has 0 radical (unpaired) electrons. The van der Waals surface area contributed by atoms with Gasteiger partial charge in [-0.3, -0.25) is 0 Å². The number of para-hydroxylation sites is 1. The minimum Gasteiger partial charge on any atom is -0.455 e. The van der Waals surface area contributed by atoms with Crippen molar-refractivity contribution in [3.05, 3.63) is 53.1 Å². The molecule has 0 aliphatic rings. The fraction of sp³-hybridized carbons (Fsp3) is 0.0667. The molecule has 0 amide bonds. The van der Waals surface area contributed by atoms with Crippen LogP contribution in [0.4, 0.5) is 5.69 Å². The Labute approximate surface area is 111 Å². The van der Waals surface area contributed by atoms with Gasteiger partial charge in [0.25, 0.3) is 0 Å². The van der Waals surface area contributed by atoms with E-state index >= 15 is 0 Å². The molecule has 0 aliphatic heterocycles. The maximum atomic E-state index is 8.92. The van der Waals surface area contributed by atoms with Crippen LogP contribution in [-0.4, -0.2) is 0 Å². The second-order valence-corrected chi connectivity index (χ2v) is 4.02. The van der Waals surface area contributed by atoms with Crippen LogP contribution in [0.15, 0.2) is 36.4 Å². The predicted octanol–water partition coefficient (Wildman–Crippen LogP) is 3.11. The fourth-order valence-corrected chi connectivity index (χ4v) is 1.63. The molecule has 0 spiro atoms. The average Bonchev–Trinajstić information content (AvgIpc) is 2.43. The number of benzene rings is 2. The predicted molar refractivity (Wildman–Crippen MR) is 71.5 cm³/mol. The van der Waals surface area contributed by atoms with Gasteiger partial charge in [-0.1, -0.05) is 12.1 Å². The third kappa shape index (κ3) is 2.48. The Bertz CT molecular complexity index is 708. The van der Waals surface area contributed by atoms with Gasteiger partial charge < -0.3 is 10.5 Å². The van der Waals surface area contributed by atoms with Crippen LogP contribution >= 0.6 is 0 Å². The molecule has 0 fully saturated rings. The van der Waals surface area contributed by atoms with Gasteiger partial charge in [0.1, 0.15) is 11.8 Å². The molecule has 2 rings (SSSR count). The highest BCUT2D eigenvalue weighted by Crippen LogP contribution is 2.31. The van der Waals surface area contributed by atoms with Crippen LogP contribution in [0.5, 0.6) is 11.5 Å². The smallest absolute Gasteiger partial charge is 0.151 e. The Hall–Kier alpha value is -2.98. The minimum atomic E-state index is 0.298. The summed E-state index contributed by atoms with van der Waals surface area (Å²) in [5, 5.41) is 17.8. The van der Waals surface area contributed by atoms with Gasteiger partial charge in [-0.25, -0.2) is 0 Å². The maximum Gasteiger partial charge on any atom is 0.151 e. The monoisotopic (exact) mass is 249 g/mol. The summed E-state index contributed by atoms with van der Waals surface area (Å²) in [5.41, 5.74) is 7.91. The lowest BCUT2D eigenvalue weighted by atomic mass is 10.1. The van der Waals surface area contributed by atoms with E-state index in [1.807, 2.05) is 13.0 Å². The molecule has 0 bridgehead atoms. The normalized spacial score (nSPS) is 9.42. The number of hydrogen-bond acceptors (Lipinski definition) is 4. The van der Waals surface area contributed by atoms with Crippen molar-refractivity contribution >= 4 is 5.69 Å². The molecule has 0 saturated carbocycles. The van der Waals surface area contributed by atoms with Crippen LogP contribution in [0.2, 0.25) is 0 Å². The summed E-state index contributed by atoms with van der Waals surface area (Å²) in [6.45, 7) is 1.88. The Morgan fingerprint density at radius 2 is 1.84 bits per heavy atom.